The van der Waals surface area contributed by atoms with Crippen LogP contribution in [0.25, 0.3) is 6.08 Å². The van der Waals surface area contributed by atoms with Crippen LogP contribution in [-0.4, -0.2) is 16.8 Å². The van der Waals surface area contributed by atoms with Gasteiger partial charge in [-0.1, -0.05) is 30.3 Å². The summed E-state index contributed by atoms with van der Waals surface area (Å²) in [5, 5.41) is 5.76. The topological polar surface area (TPSA) is 106 Å². The molecule has 0 fully saturated rings. The Labute approximate surface area is 133 Å². The van der Waals surface area contributed by atoms with Gasteiger partial charge in [-0.3, -0.25) is 4.72 Å². The Morgan fingerprint density at radius 1 is 1.00 bits per heavy atom. The number of primary sulfonamides is 1. The summed E-state index contributed by atoms with van der Waals surface area (Å²) in [5.74, 6) is -1.05. The molecule has 23 heavy (non-hydrogen) atoms. The first-order valence-electron chi connectivity index (χ1n) is 6.26. The van der Waals surface area contributed by atoms with Crippen molar-refractivity contribution in [3.8, 4) is 0 Å². The Balaban J connectivity index is 2.23. The highest BCUT2D eigenvalue weighted by Crippen LogP contribution is 2.19. The molecule has 2 rings (SSSR count). The molecule has 0 spiro atoms. The number of anilines is 1. The molecule has 3 N–H and O–H groups in total. The number of hydrogen-bond donors (Lipinski definition) is 2. The SMILES string of the molecule is NS(=O)(=O)c1ccc(NS(=O)(=O)/C=C/c2ccccc2)c(F)c1. The Morgan fingerprint density at radius 2 is 1.65 bits per heavy atom. The number of benzene rings is 2. The van der Waals surface area contributed by atoms with Gasteiger partial charge in [-0.2, -0.15) is 0 Å². The van der Waals surface area contributed by atoms with Gasteiger partial charge in [0.25, 0.3) is 10.0 Å². The zero-order valence-corrected chi connectivity index (χ0v) is 13.3. The average Bonchev–Trinajstić information content (AvgIpc) is 2.47. The molecule has 0 aliphatic carbocycles. The van der Waals surface area contributed by atoms with Crippen LogP contribution < -0.4 is 9.86 Å². The van der Waals surface area contributed by atoms with E-state index >= 15 is 0 Å². The van der Waals surface area contributed by atoms with E-state index in [9.17, 15) is 21.2 Å². The van der Waals surface area contributed by atoms with Gasteiger partial charge in [0.1, 0.15) is 5.82 Å². The second-order valence-electron chi connectivity index (χ2n) is 4.55. The van der Waals surface area contributed by atoms with E-state index in [1.165, 1.54) is 6.08 Å². The molecule has 0 bridgehead atoms. The van der Waals surface area contributed by atoms with Crippen LogP contribution in [0.1, 0.15) is 5.56 Å². The van der Waals surface area contributed by atoms with Crippen LogP contribution in [0, 0.1) is 5.82 Å². The van der Waals surface area contributed by atoms with Gasteiger partial charge in [-0.05, 0) is 29.8 Å². The van der Waals surface area contributed by atoms with E-state index in [0.29, 0.717) is 11.6 Å². The third kappa shape index (κ3) is 4.88. The fourth-order valence-corrected chi connectivity index (χ4v) is 3.08. The van der Waals surface area contributed by atoms with Crippen LogP contribution in [0.3, 0.4) is 0 Å². The lowest BCUT2D eigenvalue weighted by atomic mass is 10.2. The normalized spacial score (nSPS) is 12.4. The van der Waals surface area contributed by atoms with Crippen LogP contribution in [0.15, 0.2) is 58.8 Å². The van der Waals surface area contributed by atoms with Gasteiger partial charge in [0.2, 0.25) is 10.0 Å². The molecule has 0 amide bonds. The molecule has 0 aromatic heterocycles. The third-order valence-electron chi connectivity index (χ3n) is 2.76. The van der Waals surface area contributed by atoms with E-state index in [1.54, 1.807) is 30.3 Å². The number of halogens is 1. The summed E-state index contributed by atoms with van der Waals surface area (Å²) in [6.45, 7) is 0. The number of nitrogens with one attached hydrogen (secondary N) is 1. The highest BCUT2D eigenvalue weighted by atomic mass is 32.2. The molecule has 0 radical (unpaired) electrons. The van der Waals surface area contributed by atoms with E-state index in [0.717, 1.165) is 17.5 Å². The van der Waals surface area contributed by atoms with Crippen molar-refractivity contribution in [2.45, 2.75) is 4.90 Å². The summed E-state index contributed by atoms with van der Waals surface area (Å²) < 4.78 is 61.8. The Morgan fingerprint density at radius 3 is 2.22 bits per heavy atom. The van der Waals surface area contributed by atoms with Crippen LogP contribution in [0.5, 0.6) is 0 Å². The Hall–Kier alpha value is -2.23. The van der Waals surface area contributed by atoms with Crippen molar-refractivity contribution in [1.82, 2.24) is 0 Å². The fourth-order valence-electron chi connectivity index (χ4n) is 1.68. The summed E-state index contributed by atoms with van der Waals surface area (Å²) in [5.41, 5.74) is 0.276. The van der Waals surface area contributed by atoms with Crippen molar-refractivity contribution < 1.29 is 21.2 Å². The van der Waals surface area contributed by atoms with Gasteiger partial charge in [-0.25, -0.2) is 26.4 Å². The monoisotopic (exact) mass is 356 g/mol. The summed E-state index contributed by atoms with van der Waals surface area (Å²) >= 11 is 0. The molecular formula is C14H13FN2O4S2. The molecule has 0 saturated carbocycles. The lowest BCUT2D eigenvalue weighted by Crippen LogP contribution is -2.14. The molecule has 0 atom stereocenters. The first-order valence-corrected chi connectivity index (χ1v) is 9.35. The van der Waals surface area contributed by atoms with E-state index in [1.807, 2.05) is 4.72 Å². The van der Waals surface area contributed by atoms with Crippen molar-refractivity contribution in [2.24, 2.45) is 5.14 Å². The smallest absolute Gasteiger partial charge is 0.255 e. The Bertz CT molecular complexity index is 940. The molecule has 9 heteroatoms. The maximum absolute atomic E-state index is 13.8. The lowest BCUT2D eigenvalue weighted by molar-refractivity contribution is 0.593. The summed E-state index contributed by atoms with van der Waals surface area (Å²) in [4.78, 5) is -0.447. The number of sulfonamides is 2. The first-order chi connectivity index (χ1) is 10.7. The largest absolute Gasteiger partial charge is 0.277 e. The molecule has 2 aromatic rings. The number of nitrogens with two attached hydrogens (primary N) is 1. The highest BCUT2D eigenvalue weighted by Gasteiger charge is 2.14. The maximum Gasteiger partial charge on any atom is 0.255 e. The van der Waals surface area contributed by atoms with Crippen molar-refractivity contribution in [1.29, 1.82) is 0 Å². The molecule has 0 aliphatic heterocycles. The maximum atomic E-state index is 13.8. The molecule has 0 heterocycles. The molecule has 0 saturated heterocycles. The van der Waals surface area contributed by atoms with Gasteiger partial charge in [0, 0.05) is 0 Å². The quantitative estimate of drug-likeness (QED) is 0.853. The molecule has 122 valence electrons. The van der Waals surface area contributed by atoms with Crippen LogP contribution in [-0.2, 0) is 20.0 Å². The third-order valence-corrected chi connectivity index (χ3v) is 4.67. The van der Waals surface area contributed by atoms with Gasteiger partial charge < -0.3 is 0 Å². The van der Waals surface area contributed by atoms with Crippen molar-refractivity contribution >= 4 is 31.8 Å². The minimum atomic E-state index is -4.06. The van der Waals surface area contributed by atoms with E-state index in [-0.39, 0.29) is 5.69 Å². The minimum Gasteiger partial charge on any atom is -0.277 e. The van der Waals surface area contributed by atoms with Crippen molar-refractivity contribution in [2.75, 3.05) is 4.72 Å². The predicted octanol–water partition coefficient (Wildman–Crippen LogP) is 1.89. The summed E-state index contributed by atoms with van der Waals surface area (Å²) in [6, 6.07) is 11.3. The number of rotatable bonds is 5. The van der Waals surface area contributed by atoms with Crippen LogP contribution >= 0.6 is 0 Å². The van der Waals surface area contributed by atoms with Gasteiger partial charge in [0.15, 0.2) is 0 Å². The molecule has 6 nitrogen and oxygen atoms in total. The van der Waals surface area contributed by atoms with Gasteiger partial charge in [-0.15, -0.1) is 0 Å². The molecular weight excluding hydrogens is 343 g/mol. The zero-order valence-electron chi connectivity index (χ0n) is 11.7. The fraction of sp³-hybridized carbons (Fsp3) is 0. The van der Waals surface area contributed by atoms with Crippen LogP contribution in [0.2, 0.25) is 0 Å². The van der Waals surface area contributed by atoms with Crippen LogP contribution in [0.4, 0.5) is 10.1 Å². The standard InChI is InChI=1S/C14H13FN2O4S2/c15-13-10-12(23(16,20)21)6-7-14(13)17-22(18,19)9-8-11-4-2-1-3-5-11/h1-10,17H,(H2,16,20,21)/b9-8+. The van der Waals surface area contributed by atoms with Crippen molar-refractivity contribution in [3.05, 3.63) is 65.3 Å². The first kappa shape index (κ1) is 17.1. The lowest BCUT2D eigenvalue weighted by Gasteiger charge is -2.07. The highest BCUT2D eigenvalue weighted by molar-refractivity contribution is 7.95. The summed E-state index contributed by atoms with van der Waals surface area (Å²) in [6.07, 6.45) is 1.35. The molecule has 0 aliphatic rings. The zero-order chi connectivity index (χ0) is 17.1. The number of hydrogen-bond acceptors (Lipinski definition) is 4. The Kier molecular flexibility index (Phi) is 4.83. The van der Waals surface area contributed by atoms with E-state index < -0.39 is 30.8 Å². The average molecular weight is 356 g/mol. The van der Waals surface area contributed by atoms with E-state index in [2.05, 4.69) is 0 Å². The second-order valence-corrected chi connectivity index (χ2v) is 7.67. The van der Waals surface area contributed by atoms with Gasteiger partial charge >= 0.3 is 0 Å². The van der Waals surface area contributed by atoms with E-state index in [4.69, 9.17) is 5.14 Å². The van der Waals surface area contributed by atoms with Gasteiger partial charge in [0.05, 0.1) is 16.0 Å². The second kappa shape index (κ2) is 6.49. The molecule has 2 aromatic carbocycles. The molecule has 0 unspecified atom stereocenters. The minimum absolute atomic E-state index is 0.380. The van der Waals surface area contributed by atoms with Crippen molar-refractivity contribution in [3.63, 3.8) is 0 Å². The predicted molar refractivity (Wildman–Crippen MR) is 85.8 cm³/mol. The summed E-state index contributed by atoms with van der Waals surface area (Å²) in [7, 11) is -8.02.